The highest BCUT2D eigenvalue weighted by molar-refractivity contribution is 5.83. The molecule has 0 amide bonds. The van der Waals surface area contributed by atoms with Crippen LogP contribution in [0.2, 0.25) is 0 Å². The van der Waals surface area contributed by atoms with Crippen molar-refractivity contribution >= 4 is 10.9 Å². The fraction of sp³-hybridized carbons (Fsp3) is 0.450. The third-order valence-electron chi connectivity index (χ3n) is 5.82. The lowest BCUT2D eigenvalue weighted by Crippen LogP contribution is -2.54. The minimum atomic E-state index is -1.50. The normalized spacial score (nSPS) is 26.8. The van der Waals surface area contributed by atoms with E-state index in [9.17, 15) is 5.11 Å². The van der Waals surface area contributed by atoms with Crippen molar-refractivity contribution in [3.8, 4) is 5.75 Å². The first-order valence-electron chi connectivity index (χ1n) is 9.25. The molecular weight excluding hydrogens is 362 g/mol. The van der Waals surface area contributed by atoms with Gasteiger partial charge in [-0.15, -0.1) is 16.7 Å². The Hall–Kier alpha value is -2.71. The average Bonchev–Trinajstić information content (AvgIpc) is 2.72. The second-order valence-electron chi connectivity index (χ2n) is 7.21. The maximum atomic E-state index is 11.2. The summed E-state index contributed by atoms with van der Waals surface area (Å²) < 4.78 is 5.35. The van der Waals surface area contributed by atoms with E-state index < -0.39 is 11.2 Å². The van der Waals surface area contributed by atoms with Crippen molar-refractivity contribution in [1.29, 1.82) is 0 Å². The minimum Gasteiger partial charge on any atom is -0.497 e. The smallest absolute Gasteiger partial charge is 0.291 e. The third-order valence-corrected chi connectivity index (χ3v) is 5.82. The molecule has 0 radical (unpaired) electrons. The molecule has 3 aliphatic heterocycles. The van der Waals surface area contributed by atoms with Gasteiger partial charge in [0.05, 0.1) is 18.7 Å². The minimum absolute atomic E-state index is 0.178. The van der Waals surface area contributed by atoms with E-state index in [1.54, 1.807) is 13.3 Å². The van der Waals surface area contributed by atoms with E-state index in [0.717, 1.165) is 41.7 Å². The molecule has 8 nitrogen and oxygen atoms in total. The lowest BCUT2D eigenvalue weighted by molar-refractivity contribution is -0.742. The van der Waals surface area contributed by atoms with E-state index in [4.69, 9.17) is 20.1 Å². The maximum absolute atomic E-state index is 11.2. The van der Waals surface area contributed by atoms with Crippen molar-refractivity contribution in [3.63, 3.8) is 0 Å². The molecule has 0 aliphatic carbocycles. The molecule has 1 aromatic heterocycles. The van der Waals surface area contributed by atoms with E-state index in [-0.39, 0.29) is 6.04 Å². The van der Waals surface area contributed by atoms with Crippen LogP contribution in [-0.2, 0) is 0 Å². The van der Waals surface area contributed by atoms with Crippen molar-refractivity contribution in [2.75, 3.05) is 20.2 Å². The van der Waals surface area contributed by atoms with Gasteiger partial charge in [-0.05, 0) is 61.1 Å². The van der Waals surface area contributed by atoms with Gasteiger partial charge in [-0.3, -0.25) is 9.88 Å². The first kappa shape index (κ1) is 20.0. The summed E-state index contributed by atoms with van der Waals surface area (Å²) in [6.07, 6.45) is 5.62. The number of rotatable bonds is 4. The standard InChI is InChI=1S/C20H24N2O2.HNO3/c1-3-13-12-22-9-7-14(13)10-19(22)20(23)16-6-8-21-18-5-4-15(24-2)11-17(16)18;2-1(3)4/h3-6,8,11,13-14,19-20,23H,1,7,9-10,12H2,2H3;(H,2,3,4)/t13?,14?,19?,20-;/m0./s1. The molecule has 28 heavy (non-hydrogen) atoms. The van der Waals surface area contributed by atoms with Crippen LogP contribution in [-0.4, -0.2) is 51.5 Å². The first-order valence-corrected chi connectivity index (χ1v) is 9.25. The molecule has 0 saturated carbocycles. The summed E-state index contributed by atoms with van der Waals surface area (Å²) in [6.45, 7) is 6.07. The van der Waals surface area contributed by atoms with Crippen LogP contribution in [0.5, 0.6) is 5.75 Å². The summed E-state index contributed by atoms with van der Waals surface area (Å²) in [5.41, 5.74) is 1.85. The number of ether oxygens (including phenoxy) is 1. The van der Waals surface area contributed by atoms with E-state index >= 15 is 0 Å². The Kier molecular flexibility index (Phi) is 6.11. The lowest BCUT2D eigenvalue weighted by atomic mass is 9.73. The zero-order valence-corrected chi connectivity index (χ0v) is 15.8. The fourth-order valence-corrected chi connectivity index (χ4v) is 4.44. The number of hydrogen-bond acceptors (Lipinski definition) is 6. The predicted molar refractivity (Wildman–Crippen MR) is 104 cm³/mol. The molecule has 2 N–H and O–H groups in total. The average molecular weight is 387 g/mol. The monoisotopic (exact) mass is 387 g/mol. The number of fused-ring (bicyclic) bond motifs is 4. The van der Waals surface area contributed by atoms with Crippen LogP contribution in [0, 0.1) is 22.0 Å². The molecule has 1 aromatic carbocycles. The van der Waals surface area contributed by atoms with Gasteiger partial charge in [0.2, 0.25) is 0 Å². The van der Waals surface area contributed by atoms with Crippen LogP contribution in [0.3, 0.4) is 0 Å². The highest BCUT2D eigenvalue weighted by Crippen LogP contribution is 2.42. The topological polar surface area (TPSA) is 109 Å². The van der Waals surface area contributed by atoms with Crippen LogP contribution < -0.4 is 4.74 Å². The number of pyridine rings is 1. The Morgan fingerprint density at radius 1 is 1.46 bits per heavy atom. The van der Waals surface area contributed by atoms with Crippen LogP contribution in [0.4, 0.5) is 0 Å². The van der Waals surface area contributed by atoms with E-state index in [2.05, 4.69) is 22.5 Å². The van der Waals surface area contributed by atoms with Gasteiger partial charge in [0.25, 0.3) is 5.09 Å². The number of aliphatic hydroxyl groups excluding tert-OH is 1. The highest BCUT2D eigenvalue weighted by Gasteiger charge is 2.42. The summed E-state index contributed by atoms with van der Waals surface area (Å²) in [6, 6.07) is 7.96. The molecule has 150 valence electrons. The van der Waals surface area contributed by atoms with Crippen molar-refractivity contribution in [3.05, 3.63) is 58.8 Å². The van der Waals surface area contributed by atoms with E-state index in [1.165, 1.54) is 6.42 Å². The summed E-state index contributed by atoms with van der Waals surface area (Å²) in [5.74, 6) is 2.01. The lowest BCUT2D eigenvalue weighted by Gasteiger charge is -2.50. The molecule has 5 atom stereocenters. The Balaban J connectivity index is 0.000000516. The van der Waals surface area contributed by atoms with Crippen LogP contribution in [0.15, 0.2) is 43.1 Å². The maximum Gasteiger partial charge on any atom is 0.291 e. The molecule has 3 fully saturated rings. The number of methoxy groups -OCH3 is 1. The summed E-state index contributed by atoms with van der Waals surface area (Å²) in [5, 5.41) is 25.8. The van der Waals surface area contributed by atoms with Gasteiger partial charge in [0.15, 0.2) is 0 Å². The van der Waals surface area contributed by atoms with Crippen molar-refractivity contribution in [1.82, 2.24) is 9.88 Å². The Morgan fingerprint density at radius 2 is 2.21 bits per heavy atom. The Labute approximate surface area is 163 Å². The zero-order chi connectivity index (χ0) is 20.3. The molecule has 3 saturated heterocycles. The first-order chi connectivity index (χ1) is 13.4. The predicted octanol–water partition coefficient (Wildman–Crippen LogP) is 2.83. The second-order valence-corrected chi connectivity index (χ2v) is 7.21. The highest BCUT2D eigenvalue weighted by atomic mass is 16.9. The van der Waals surface area contributed by atoms with Gasteiger partial charge in [-0.1, -0.05) is 6.08 Å². The number of piperidine rings is 3. The molecular formula is C20H25N3O5. The number of aliphatic hydroxyl groups is 1. The molecule has 2 bridgehead atoms. The second kappa shape index (κ2) is 8.53. The zero-order valence-electron chi connectivity index (χ0n) is 15.8. The number of benzene rings is 1. The molecule has 0 spiro atoms. The van der Waals surface area contributed by atoms with Crippen LogP contribution >= 0.6 is 0 Å². The van der Waals surface area contributed by atoms with Gasteiger partial charge >= 0.3 is 0 Å². The van der Waals surface area contributed by atoms with Crippen molar-refractivity contribution in [2.45, 2.75) is 25.0 Å². The third kappa shape index (κ3) is 4.07. The molecule has 5 rings (SSSR count). The largest absolute Gasteiger partial charge is 0.497 e. The van der Waals surface area contributed by atoms with E-state index in [1.807, 2.05) is 24.3 Å². The van der Waals surface area contributed by atoms with Gasteiger partial charge in [0.1, 0.15) is 5.75 Å². The SMILES string of the molecule is C=CC1CN2CCC1CC2[C@@H](O)c1ccnc2ccc(OC)cc12.O=[N+]([O-])O. The van der Waals surface area contributed by atoms with Crippen molar-refractivity contribution in [2.24, 2.45) is 11.8 Å². The fourth-order valence-electron chi connectivity index (χ4n) is 4.44. The number of aromatic nitrogens is 1. The van der Waals surface area contributed by atoms with Crippen LogP contribution in [0.1, 0.15) is 24.5 Å². The Morgan fingerprint density at radius 3 is 2.82 bits per heavy atom. The summed E-state index contributed by atoms with van der Waals surface area (Å²) >= 11 is 0. The number of nitrogens with zero attached hydrogens (tertiary/aromatic N) is 3. The van der Waals surface area contributed by atoms with Gasteiger partial charge < -0.3 is 15.1 Å². The van der Waals surface area contributed by atoms with Crippen LogP contribution in [0.25, 0.3) is 10.9 Å². The Bertz CT molecular complexity index is 855. The molecule has 4 unspecified atom stereocenters. The van der Waals surface area contributed by atoms with Crippen molar-refractivity contribution < 1.29 is 20.1 Å². The molecule has 4 heterocycles. The quantitative estimate of drug-likeness (QED) is 0.472. The van der Waals surface area contributed by atoms with Gasteiger partial charge in [0, 0.05) is 24.2 Å². The molecule has 3 aliphatic rings. The van der Waals surface area contributed by atoms with Gasteiger partial charge in [-0.25, -0.2) is 0 Å². The molecule has 8 heteroatoms. The summed E-state index contributed by atoms with van der Waals surface area (Å²) in [4.78, 5) is 15.2. The molecule has 2 aromatic rings. The summed E-state index contributed by atoms with van der Waals surface area (Å²) in [7, 11) is 1.66. The van der Waals surface area contributed by atoms with Gasteiger partial charge in [-0.2, -0.15) is 0 Å². The van der Waals surface area contributed by atoms with E-state index in [0.29, 0.717) is 11.8 Å². The number of hydrogen-bond donors (Lipinski definition) is 2.